The first-order valence-corrected chi connectivity index (χ1v) is 5.33. The van der Waals surface area contributed by atoms with Gasteiger partial charge >= 0.3 is 0 Å². The number of carbonyl (C=O) groups is 1. The van der Waals surface area contributed by atoms with Gasteiger partial charge in [-0.15, -0.1) is 0 Å². The third-order valence-corrected chi connectivity index (χ3v) is 2.40. The van der Waals surface area contributed by atoms with Crippen LogP contribution in [-0.2, 0) is 6.54 Å². The molecule has 1 atom stereocenters. The van der Waals surface area contributed by atoms with Crippen molar-refractivity contribution in [3.8, 4) is 0 Å². The molecule has 0 bridgehead atoms. The molecule has 17 heavy (non-hydrogen) atoms. The van der Waals surface area contributed by atoms with E-state index in [1.165, 1.54) is 0 Å². The van der Waals surface area contributed by atoms with E-state index in [0.717, 1.165) is 0 Å². The summed E-state index contributed by atoms with van der Waals surface area (Å²) in [5.41, 5.74) is 5.40. The molecule has 1 amide bonds. The number of rotatable bonds is 4. The smallest absolute Gasteiger partial charge is 0.287 e. The summed E-state index contributed by atoms with van der Waals surface area (Å²) in [4.78, 5) is 11.8. The van der Waals surface area contributed by atoms with E-state index in [-0.39, 0.29) is 24.3 Å². The first-order chi connectivity index (χ1) is 8.20. The lowest BCUT2D eigenvalue weighted by Crippen LogP contribution is -2.25. The lowest BCUT2D eigenvalue weighted by Gasteiger charge is -2.09. The monoisotopic (exact) mass is 234 g/mol. The Morgan fingerprint density at radius 1 is 1.47 bits per heavy atom. The van der Waals surface area contributed by atoms with E-state index in [1.807, 2.05) is 6.92 Å². The van der Waals surface area contributed by atoms with Crippen LogP contribution in [0, 0.1) is 0 Å². The van der Waals surface area contributed by atoms with Crippen LogP contribution in [0.25, 0.3) is 0 Å². The molecule has 0 aromatic carbocycles. The van der Waals surface area contributed by atoms with Crippen LogP contribution in [0.3, 0.4) is 0 Å². The van der Waals surface area contributed by atoms with Gasteiger partial charge in [0.1, 0.15) is 11.5 Å². The average Bonchev–Trinajstić information content (AvgIpc) is 3.00. The van der Waals surface area contributed by atoms with Crippen molar-refractivity contribution in [2.45, 2.75) is 19.5 Å². The fraction of sp³-hybridized carbons (Fsp3) is 0.250. The third kappa shape index (κ3) is 2.57. The molecule has 0 aliphatic heterocycles. The number of furan rings is 2. The van der Waals surface area contributed by atoms with Crippen molar-refractivity contribution in [2.75, 3.05) is 0 Å². The minimum absolute atomic E-state index is 0.205. The van der Waals surface area contributed by atoms with Crippen LogP contribution in [0.2, 0.25) is 0 Å². The Labute approximate surface area is 98.6 Å². The van der Waals surface area contributed by atoms with Gasteiger partial charge in [0.05, 0.1) is 18.8 Å². The zero-order valence-electron chi connectivity index (χ0n) is 9.47. The van der Waals surface area contributed by atoms with Gasteiger partial charge in [0.2, 0.25) is 0 Å². The molecule has 2 aromatic heterocycles. The molecular formula is C12H14N2O3. The van der Waals surface area contributed by atoms with Gasteiger partial charge in [0.25, 0.3) is 5.91 Å². The van der Waals surface area contributed by atoms with Crippen LogP contribution in [0.1, 0.15) is 35.0 Å². The Hall–Kier alpha value is -2.01. The van der Waals surface area contributed by atoms with Crippen molar-refractivity contribution in [2.24, 2.45) is 5.73 Å². The molecule has 0 unspecified atom stereocenters. The summed E-state index contributed by atoms with van der Waals surface area (Å²) in [5.74, 6) is 1.25. The molecule has 0 spiro atoms. The van der Waals surface area contributed by atoms with Crippen molar-refractivity contribution >= 4 is 5.91 Å². The van der Waals surface area contributed by atoms with Crippen LogP contribution >= 0.6 is 0 Å². The Kier molecular flexibility index (Phi) is 3.30. The molecule has 5 nitrogen and oxygen atoms in total. The second kappa shape index (κ2) is 4.88. The summed E-state index contributed by atoms with van der Waals surface area (Å²) in [5, 5.41) is 2.77. The van der Waals surface area contributed by atoms with Gasteiger partial charge in [0, 0.05) is 0 Å². The predicted molar refractivity (Wildman–Crippen MR) is 61.2 cm³/mol. The molecule has 90 valence electrons. The summed E-state index contributed by atoms with van der Waals surface area (Å²) >= 11 is 0. The number of nitrogens with one attached hydrogen (secondary N) is 1. The Bertz CT molecular complexity index is 488. The highest BCUT2D eigenvalue weighted by Crippen LogP contribution is 2.14. The lowest BCUT2D eigenvalue weighted by molar-refractivity contribution is 0.0905. The molecule has 3 N–H and O–H groups in total. The SMILES string of the molecule is C[C@@H](NC(=O)c1ccc(CN)o1)c1ccco1. The van der Waals surface area contributed by atoms with Gasteiger partial charge < -0.3 is 19.9 Å². The van der Waals surface area contributed by atoms with Crippen molar-refractivity contribution < 1.29 is 13.6 Å². The van der Waals surface area contributed by atoms with Gasteiger partial charge in [-0.05, 0) is 31.2 Å². The Morgan fingerprint density at radius 2 is 2.29 bits per heavy atom. The molecule has 2 rings (SSSR count). The number of nitrogens with two attached hydrogens (primary N) is 1. The minimum atomic E-state index is -0.284. The maximum Gasteiger partial charge on any atom is 0.287 e. The second-order valence-electron chi connectivity index (χ2n) is 3.68. The van der Waals surface area contributed by atoms with E-state index in [4.69, 9.17) is 14.6 Å². The molecule has 0 aliphatic carbocycles. The zero-order chi connectivity index (χ0) is 12.3. The number of amides is 1. The molecule has 2 aromatic rings. The van der Waals surface area contributed by atoms with Crippen LogP contribution in [0.5, 0.6) is 0 Å². The van der Waals surface area contributed by atoms with E-state index in [2.05, 4.69) is 5.32 Å². The Balaban J connectivity index is 2.01. The van der Waals surface area contributed by atoms with E-state index in [0.29, 0.717) is 11.5 Å². The van der Waals surface area contributed by atoms with Crippen molar-refractivity contribution in [3.63, 3.8) is 0 Å². The lowest BCUT2D eigenvalue weighted by atomic mass is 10.2. The molecule has 5 heteroatoms. The summed E-state index contributed by atoms with van der Waals surface area (Å²) in [6.45, 7) is 2.12. The van der Waals surface area contributed by atoms with Gasteiger partial charge in [-0.1, -0.05) is 0 Å². The molecule has 0 saturated heterocycles. The largest absolute Gasteiger partial charge is 0.467 e. The summed E-state index contributed by atoms with van der Waals surface area (Å²) in [7, 11) is 0. The molecule has 0 aliphatic rings. The first-order valence-electron chi connectivity index (χ1n) is 5.33. The maximum atomic E-state index is 11.8. The van der Waals surface area contributed by atoms with E-state index in [9.17, 15) is 4.79 Å². The fourth-order valence-electron chi connectivity index (χ4n) is 1.49. The van der Waals surface area contributed by atoms with Crippen molar-refractivity contribution in [3.05, 3.63) is 47.8 Å². The fourth-order valence-corrected chi connectivity index (χ4v) is 1.49. The zero-order valence-corrected chi connectivity index (χ0v) is 9.47. The maximum absolute atomic E-state index is 11.8. The summed E-state index contributed by atoms with van der Waals surface area (Å²) in [6, 6.07) is 6.67. The number of carbonyl (C=O) groups excluding carboxylic acids is 1. The van der Waals surface area contributed by atoms with Gasteiger partial charge in [-0.3, -0.25) is 4.79 Å². The van der Waals surface area contributed by atoms with Gasteiger partial charge in [-0.2, -0.15) is 0 Å². The highest BCUT2D eigenvalue weighted by Gasteiger charge is 2.15. The highest BCUT2D eigenvalue weighted by molar-refractivity contribution is 5.91. The van der Waals surface area contributed by atoms with Crippen LogP contribution in [-0.4, -0.2) is 5.91 Å². The topological polar surface area (TPSA) is 81.4 Å². The Morgan fingerprint density at radius 3 is 2.88 bits per heavy atom. The molecular weight excluding hydrogens is 220 g/mol. The van der Waals surface area contributed by atoms with Gasteiger partial charge in [0.15, 0.2) is 5.76 Å². The minimum Gasteiger partial charge on any atom is -0.467 e. The van der Waals surface area contributed by atoms with Crippen molar-refractivity contribution in [1.82, 2.24) is 5.32 Å². The normalized spacial score (nSPS) is 12.4. The molecule has 0 radical (unpaired) electrons. The van der Waals surface area contributed by atoms with Crippen LogP contribution in [0.4, 0.5) is 0 Å². The van der Waals surface area contributed by atoms with Gasteiger partial charge in [-0.25, -0.2) is 0 Å². The average molecular weight is 234 g/mol. The molecule has 0 fully saturated rings. The first kappa shape index (κ1) is 11.5. The quantitative estimate of drug-likeness (QED) is 0.845. The summed E-state index contributed by atoms with van der Waals surface area (Å²) in [6.07, 6.45) is 1.57. The van der Waals surface area contributed by atoms with Crippen LogP contribution in [0.15, 0.2) is 39.4 Å². The molecule has 0 saturated carbocycles. The predicted octanol–water partition coefficient (Wildman–Crippen LogP) is 1.82. The standard InChI is InChI=1S/C12H14N2O3/c1-8(10-3-2-6-16-10)14-12(15)11-5-4-9(7-13)17-11/h2-6,8H,7,13H2,1H3,(H,14,15)/t8-/m1/s1. The van der Waals surface area contributed by atoms with Crippen molar-refractivity contribution in [1.29, 1.82) is 0 Å². The number of hydrogen-bond acceptors (Lipinski definition) is 4. The van der Waals surface area contributed by atoms with E-state index in [1.54, 1.807) is 30.5 Å². The van der Waals surface area contributed by atoms with E-state index < -0.39 is 0 Å². The van der Waals surface area contributed by atoms with Crippen LogP contribution < -0.4 is 11.1 Å². The summed E-state index contributed by atoms with van der Waals surface area (Å²) < 4.78 is 10.4. The third-order valence-electron chi connectivity index (χ3n) is 2.40. The number of hydrogen-bond donors (Lipinski definition) is 2. The van der Waals surface area contributed by atoms with E-state index >= 15 is 0 Å². The molecule has 2 heterocycles. The highest BCUT2D eigenvalue weighted by atomic mass is 16.4. The second-order valence-corrected chi connectivity index (χ2v) is 3.68.